The van der Waals surface area contributed by atoms with Crippen molar-refractivity contribution in [1.29, 1.82) is 0 Å². The molecule has 18 heavy (non-hydrogen) atoms. The van der Waals surface area contributed by atoms with Gasteiger partial charge in [0.05, 0.1) is 23.0 Å². The Bertz CT molecular complexity index is 608. The van der Waals surface area contributed by atoms with E-state index in [-0.39, 0.29) is 5.69 Å². The molecule has 0 aliphatic carbocycles. The van der Waals surface area contributed by atoms with Crippen molar-refractivity contribution in [1.82, 2.24) is 18.9 Å². The summed E-state index contributed by atoms with van der Waals surface area (Å²) in [7, 11) is 1.84. The van der Waals surface area contributed by atoms with Crippen LogP contribution in [-0.2, 0) is 20.1 Å². The Balaban J connectivity index is 2.32. The van der Waals surface area contributed by atoms with Gasteiger partial charge in [0.1, 0.15) is 0 Å². The largest absolute Gasteiger partial charge is 0.328 e. The van der Waals surface area contributed by atoms with E-state index in [1.54, 1.807) is 20.0 Å². The van der Waals surface area contributed by atoms with E-state index >= 15 is 0 Å². The van der Waals surface area contributed by atoms with Crippen molar-refractivity contribution in [3.8, 4) is 0 Å². The highest BCUT2D eigenvalue weighted by Crippen LogP contribution is 2.19. The minimum atomic E-state index is -0.00762. The fourth-order valence-electron chi connectivity index (χ4n) is 2.00. The monoisotopic (exact) mass is 268 g/mol. The molecule has 2 heterocycles. The first-order valence-corrected chi connectivity index (χ1v) is 6.36. The van der Waals surface area contributed by atoms with E-state index in [1.807, 2.05) is 27.1 Å². The Labute approximate surface area is 111 Å². The van der Waals surface area contributed by atoms with Crippen molar-refractivity contribution in [2.75, 3.05) is 0 Å². The molecule has 0 aliphatic rings. The van der Waals surface area contributed by atoms with Crippen LogP contribution in [0.15, 0.2) is 17.2 Å². The second-order valence-corrected chi connectivity index (χ2v) is 4.75. The summed E-state index contributed by atoms with van der Waals surface area (Å²) < 4.78 is 5.08. The molecule has 0 aromatic carbocycles. The van der Waals surface area contributed by atoms with E-state index in [0.29, 0.717) is 11.6 Å². The molecule has 5 nitrogen and oxygen atoms in total. The second-order valence-electron chi connectivity index (χ2n) is 4.37. The molecule has 2 aromatic heterocycles. The summed E-state index contributed by atoms with van der Waals surface area (Å²) in [6.45, 7) is 5.09. The lowest BCUT2D eigenvalue weighted by molar-refractivity contribution is 0.605. The fourth-order valence-corrected chi connectivity index (χ4v) is 2.22. The van der Waals surface area contributed by atoms with Crippen LogP contribution in [0.2, 0.25) is 5.02 Å². The van der Waals surface area contributed by atoms with Gasteiger partial charge >= 0.3 is 5.69 Å². The minimum absolute atomic E-state index is 0.00762. The Morgan fingerprint density at radius 1 is 1.33 bits per heavy atom. The molecule has 98 valence electrons. The number of hydrogen-bond acceptors (Lipinski definition) is 2. The molecule has 0 amide bonds. The highest BCUT2D eigenvalue weighted by molar-refractivity contribution is 6.31. The average molecular weight is 269 g/mol. The number of rotatable bonds is 4. The first-order valence-electron chi connectivity index (χ1n) is 5.98. The van der Waals surface area contributed by atoms with E-state index in [1.165, 1.54) is 0 Å². The molecule has 0 saturated carbocycles. The number of imidazole rings is 1. The predicted molar refractivity (Wildman–Crippen MR) is 71.0 cm³/mol. The molecular formula is C12H17ClN4O. The van der Waals surface area contributed by atoms with Gasteiger partial charge in [-0.05, 0) is 13.3 Å². The van der Waals surface area contributed by atoms with Crippen molar-refractivity contribution < 1.29 is 0 Å². The predicted octanol–water partition coefficient (Wildman–Crippen LogP) is 1.80. The molecule has 2 aromatic rings. The van der Waals surface area contributed by atoms with Crippen molar-refractivity contribution in [2.45, 2.75) is 33.4 Å². The first kappa shape index (κ1) is 13.0. The van der Waals surface area contributed by atoms with Crippen LogP contribution in [0.5, 0.6) is 0 Å². The molecule has 0 N–H and O–H groups in total. The number of halogens is 1. The van der Waals surface area contributed by atoms with Gasteiger partial charge in [-0.25, -0.2) is 4.79 Å². The highest BCUT2D eigenvalue weighted by atomic mass is 35.5. The smallest absolute Gasteiger partial charge is 0.299 e. The molecule has 0 fully saturated rings. The summed E-state index contributed by atoms with van der Waals surface area (Å²) in [5.74, 6) is 0. The van der Waals surface area contributed by atoms with Crippen LogP contribution in [0.25, 0.3) is 0 Å². The molecule has 0 spiro atoms. The molecular weight excluding hydrogens is 252 g/mol. The Kier molecular flexibility index (Phi) is 3.61. The summed E-state index contributed by atoms with van der Waals surface area (Å²) in [4.78, 5) is 12.0. The first-order chi connectivity index (χ1) is 8.54. The third kappa shape index (κ3) is 2.22. The van der Waals surface area contributed by atoms with Gasteiger partial charge in [0.25, 0.3) is 0 Å². The topological polar surface area (TPSA) is 44.8 Å². The third-order valence-electron chi connectivity index (χ3n) is 2.96. The second kappa shape index (κ2) is 5.02. The van der Waals surface area contributed by atoms with Gasteiger partial charge < -0.3 is 0 Å². The van der Waals surface area contributed by atoms with Crippen LogP contribution in [0.4, 0.5) is 0 Å². The van der Waals surface area contributed by atoms with Gasteiger partial charge in [-0.1, -0.05) is 18.5 Å². The maximum atomic E-state index is 12.0. The van der Waals surface area contributed by atoms with Crippen LogP contribution < -0.4 is 5.69 Å². The summed E-state index contributed by atoms with van der Waals surface area (Å²) in [6, 6.07) is 0. The lowest BCUT2D eigenvalue weighted by Gasteiger charge is -2.03. The SMILES string of the molecule is CCCn1ccn(Cc2c(Cl)c(C)nn2C)c1=O. The van der Waals surface area contributed by atoms with Gasteiger partial charge in [-0.2, -0.15) is 5.10 Å². The Morgan fingerprint density at radius 3 is 2.56 bits per heavy atom. The molecule has 0 radical (unpaired) electrons. The summed E-state index contributed by atoms with van der Waals surface area (Å²) >= 11 is 6.18. The Morgan fingerprint density at radius 2 is 2.00 bits per heavy atom. The molecule has 0 saturated heterocycles. The van der Waals surface area contributed by atoms with Crippen molar-refractivity contribution >= 4 is 11.6 Å². The number of aryl methyl sites for hydroxylation is 3. The summed E-state index contributed by atoms with van der Waals surface area (Å²) in [6.07, 6.45) is 4.54. The average Bonchev–Trinajstić information content (AvgIpc) is 2.78. The molecule has 0 bridgehead atoms. The number of nitrogens with zero attached hydrogens (tertiary/aromatic N) is 4. The van der Waals surface area contributed by atoms with Gasteiger partial charge in [0, 0.05) is 26.0 Å². The van der Waals surface area contributed by atoms with Crippen molar-refractivity contribution in [3.63, 3.8) is 0 Å². The quantitative estimate of drug-likeness (QED) is 0.849. The summed E-state index contributed by atoms with van der Waals surface area (Å²) in [5, 5.41) is 4.87. The van der Waals surface area contributed by atoms with Crippen LogP contribution in [-0.4, -0.2) is 18.9 Å². The maximum absolute atomic E-state index is 12.0. The van der Waals surface area contributed by atoms with E-state index in [2.05, 4.69) is 5.10 Å². The van der Waals surface area contributed by atoms with Crippen LogP contribution >= 0.6 is 11.6 Å². The van der Waals surface area contributed by atoms with E-state index in [4.69, 9.17) is 11.6 Å². The molecule has 2 rings (SSSR count). The zero-order valence-corrected chi connectivity index (χ0v) is 11.6. The van der Waals surface area contributed by atoms with Crippen molar-refractivity contribution in [2.24, 2.45) is 7.05 Å². The van der Waals surface area contributed by atoms with E-state index in [9.17, 15) is 4.79 Å². The molecule has 0 aliphatic heterocycles. The normalized spacial score (nSPS) is 11.1. The van der Waals surface area contributed by atoms with Gasteiger partial charge in [0.2, 0.25) is 0 Å². The molecule has 0 atom stereocenters. The van der Waals surface area contributed by atoms with E-state index in [0.717, 1.165) is 24.4 Å². The zero-order valence-electron chi connectivity index (χ0n) is 10.9. The van der Waals surface area contributed by atoms with Crippen LogP contribution in [0, 0.1) is 6.92 Å². The molecule has 0 unspecified atom stereocenters. The fraction of sp³-hybridized carbons (Fsp3) is 0.500. The standard InChI is InChI=1S/C12H17ClN4O/c1-4-5-16-6-7-17(12(16)18)8-10-11(13)9(2)14-15(10)3/h6-7H,4-5,8H2,1-3H3. The van der Waals surface area contributed by atoms with Crippen LogP contribution in [0.3, 0.4) is 0 Å². The lowest BCUT2D eigenvalue weighted by Crippen LogP contribution is -2.25. The van der Waals surface area contributed by atoms with Gasteiger partial charge in [0.15, 0.2) is 0 Å². The minimum Gasteiger partial charge on any atom is -0.299 e. The summed E-state index contributed by atoms with van der Waals surface area (Å²) in [5.41, 5.74) is 1.63. The maximum Gasteiger partial charge on any atom is 0.328 e. The third-order valence-corrected chi connectivity index (χ3v) is 3.46. The number of hydrogen-bond donors (Lipinski definition) is 0. The Hall–Kier alpha value is -1.49. The highest BCUT2D eigenvalue weighted by Gasteiger charge is 2.13. The van der Waals surface area contributed by atoms with Crippen molar-refractivity contribution in [3.05, 3.63) is 39.3 Å². The van der Waals surface area contributed by atoms with Gasteiger partial charge in [-0.3, -0.25) is 13.8 Å². The van der Waals surface area contributed by atoms with Crippen LogP contribution in [0.1, 0.15) is 24.7 Å². The van der Waals surface area contributed by atoms with Gasteiger partial charge in [-0.15, -0.1) is 0 Å². The van der Waals surface area contributed by atoms with E-state index < -0.39 is 0 Å². The lowest BCUT2D eigenvalue weighted by atomic mass is 10.3. The zero-order chi connectivity index (χ0) is 13.3. The molecule has 6 heteroatoms. The number of aromatic nitrogens is 4.